The number of halogens is 2. The van der Waals surface area contributed by atoms with Gasteiger partial charge in [0.2, 0.25) is 0 Å². The SMILES string of the molecule is CN=Cc1cccc(C23CC4CC(CC(C4)C2)C3)c1O.[Cl][Zr][Cl]. The van der Waals surface area contributed by atoms with Gasteiger partial charge in [0.05, 0.1) is 0 Å². The molecule has 0 heterocycles. The second kappa shape index (κ2) is 7.58. The van der Waals surface area contributed by atoms with Gasteiger partial charge in [-0.05, 0) is 67.8 Å². The summed E-state index contributed by atoms with van der Waals surface area (Å²) < 4.78 is 0. The first-order valence-electron chi connectivity index (χ1n) is 8.32. The predicted molar refractivity (Wildman–Crippen MR) is 93.2 cm³/mol. The molecule has 0 radical (unpaired) electrons. The number of aromatic hydroxyl groups is 1. The van der Waals surface area contributed by atoms with Gasteiger partial charge in [-0.2, -0.15) is 0 Å². The minimum atomic E-state index is -0.826. The van der Waals surface area contributed by atoms with Crippen LogP contribution >= 0.6 is 17.0 Å². The van der Waals surface area contributed by atoms with Crippen molar-refractivity contribution >= 4 is 23.2 Å². The van der Waals surface area contributed by atoms with Crippen LogP contribution < -0.4 is 0 Å². The summed E-state index contributed by atoms with van der Waals surface area (Å²) in [6.07, 6.45) is 9.97. The van der Waals surface area contributed by atoms with Crippen LogP contribution in [0.5, 0.6) is 5.75 Å². The maximum atomic E-state index is 10.7. The Balaban J connectivity index is 0.000000485. The number of nitrogens with zero attached hydrogens (tertiary/aromatic N) is 1. The van der Waals surface area contributed by atoms with Gasteiger partial charge in [-0.3, -0.25) is 4.99 Å². The molecular weight excluding hydrogens is 408 g/mol. The third kappa shape index (κ3) is 3.58. The summed E-state index contributed by atoms with van der Waals surface area (Å²) in [6.45, 7) is 0. The van der Waals surface area contributed by atoms with Gasteiger partial charge in [-0.1, -0.05) is 12.1 Å². The fourth-order valence-corrected chi connectivity index (χ4v) is 5.67. The molecule has 4 aliphatic carbocycles. The number of benzene rings is 1. The molecule has 0 aromatic heterocycles. The molecule has 2 nitrogen and oxygen atoms in total. The van der Waals surface area contributed by atoms with E-state index in [9.17, 15) is 5.11 Å². The summed E-state index contributed by atoms with van der Waals surface area (Å²) in [6, 6.07) is 6.21. The predicted octanol–water partition coefficient (Wildman–Crippen LogP) is 5.29. The van der Waals surface area contributed by atoms with Crippen molar-refractivity contribution in [3.8, 4) is 5.75 Å². The van der Waals surface area contributed by atoms with E-state index in [2.05, 4.69) is 17.1 Å². The van der Waals surface area contributed by atoms with Crippen molar-refractivity contribution in [2.75, 3.05) is 7.05 Å². The van der Waals surface area contributed by atoms with Crippen LogP contribution in [0.1, 0.15) is 49.7 Å². The molecule has 0 spiro atoms. The van der Waals surface area contributed by atoms with Gasteiger partial charge in [-0.25, -0.2) is 0 Å². The van der Waals surface area contributed by atoms with E-state index in [4.69, 9.17) is 17.0 Å². The average molecular weight is 432 g/mol. The Morgan fingerprint density at radius 1 is 1.13 bits per heavy atom. The molecule has 4 saturated carbocycles. The molecule has 0 aliphatic heterocycles. The van der Waals surface area contributed by atoms with E-state index in [1.54, 1.807) is 13.3 Å². The molecular formula is C18H23Cl2NOZr. The molecule has 4 aliphatic rings. The van der Waals surface area contributed by atoms with Gasteiger partial charge < -0.3 is 5.11 Å². The Kier molecular flexibility index (Phi) is 5.92. The number of para-hydroxylation sites is 1. The zero-order valence-electron chi connectivity index (χ0n) is 13.4. The summed E-state index contributed by atoms with van der Waals surface area (Å²) >= 11 is -0.826. The zero-order valence-corrected chi connectivity index (χ0v) is 17.4. The second-order valence-electron chi connectivity index (χ2n) is 7.40. The molecule has 0 amide bonds. The molecule has 4 bridgehead atoms. The van der Waals surface area contributed by atoms with Crippen molar-refractivity contribution in [2.24, 2.45) is 22.7 Å². The van der Waals surface area contributed by atoms with E-state index >= 15 is 0 Å². The zero-order chi connectivity index (χ0) is 16.4. The van der Waals surface area contributed by atoms with E-state index in [0.717, 1.165) is 23.3 Å². The summed E-state index contributed by atoms with van der Waals surface area (Å²) in [5.74, 6) is 3.21. The molecule has 5 heteroatoms. The van der Waals surface area contributed by atoms with Crippen LogP contribution in [0.3, 0.4) is 0 Å². The molecule has 23 heavy (non-hydrogen) atoms. The third-order valence-corrected chi connectivity index (χ3v) is 5.95. The Bertz CT molecular complexity index is 555. The second-order valence-corrected chi connectivity index (χ2v) is 11.1. The fourth-order valence-electron chi connectivity index (χ4n) is 5.67. The Morgan fingerprint density at radius 2 is 1.65 bits per heavy atom. The van der Waals surface area contributed by atoms with Crippen LogP contribution in [0.15, 0.2) is 23.2 Å². The van der Waals surface area contributed by atoms with E-state index in [1.807, 2.05) is 6.07 Å². The Labute approximate surface area is 157 Å². The quantitative estimate of drug-likeness (QED) is 0.635. The summed E-state index contributed by atoms with van der Waals surface area (Å²) in [5, 5.41) is 10.7. The molecule has 5 rings (SSSR count). The molecule has 0 saturated heterocycles. The van der Waals surface area contributed by atoms with Gasteiger partial charge in [0, 0.05) is 24.4 Å². The molecule has 0 unspecified atom stereocenters. The number of hydrogen-bond acceptors (Lipinski definition) is 2. The van der Waals surface area contributed by atoms with Gasteiger partial charge in [0.25, 0.3) is 0 Å². The van der Waals surface area contributed by atoms with Crippen molar-refractivity contribution in [1.29, 1.82) is 0 Å². The third-order valence-electron chi connectivity index (χ3n) is 5.95. The summed E-state index contributed by atoms with van der Waals surface area (Å²) in [5.41, 5.74) is 2.34. The fraction of sp³-hybridized carbons (Fsp3) is 0.611. The Hall–Kier alpha value is 0.153. The number of hydrogen-bond donors (Lipinski definition) is 1. The van der Waals surface area contributed by atoms with Crippen LogP contribution in [0.25, 0.3) is 0 Å². The van der Waals surface area contributed by atoms with E-state index in [1.165, 1.54) is 44.1 Å². The molecule has 1 aromatic rings. The van der Waals surface area contributed by atoms with Crippen LogP contribution in [0.2, 0.25) is 0 Å². The first-order valence-corrected chi connectivity index (χ1v) is 14.7. The number of aliphatic imine (C=N–C) groups is 1. The standard InChI is InChI=1S/C18H23NO.2ClH.Zr/c1-19-11-15-3-2-4-16(17(15)20)18-8-12-5-13(9-18)7-14(6-12)10-18;;;/h2-4,11-14,20H,5-10H2,1H3;2*1H;/q;;;+2/p-2. The van der Waals surface area contributed by atoms with Gasteiger partial charge in [0.15, 0.2) is 0 Å². The van der Waals surface area contributed by atoms with Crippen LogP contribution in [-0.4, -0.2) is 18.4 Å². The van der Waals surface area contributed by atoms with Crippen LogP contribution in [0, 0.1) is 17.8 Å². The average Bonchev–Trinajstić information content (AvgIpc) is 2.49. The van der Waals surface area contributed by atoms with Gasteiger partial charge in [-0.15, -0.1) is 0 Å². The first-order chi connectivity index (χ1) is 11.1. The van der Waals surface area contributed by atoms with Crippen LogP contribution in [-0.2, 0) is 26.3 Å². The molecule has 0 atom stereocenters. The number of rotatable bonds is 2. The molecule has 1 aromatic carbocycles. The van der Waals surface area contributed by atoms with Gasteiger partial charge >= 0.3 is 37.9 Å². The van der Waals surface area contributed by atoms with Crippen molar-refractivity contribution in [3.63, 3.8) is 0 Å². The molecule has 124 valence electrons. The number of phenols is 1. The van der Waals surface area contributed by atoms with Crippen molar-refractivity contribution in [2.45, 2.75) is 43.9 Å². The number of phenolic OH excluding ortho intramolecular Hbond substituents is 1. The van der Waals surface area contributed by atoms with Crippen molar-refractivity contribution in [1.82, 2.24) is 0 Å². The van der Waals surface area contributed by atoms with Gasteiger partial charge in [0.1, 0.15) is 5.75 Å². The van der Waals surface area contributed by atoms with E-state index in [0.29, 0.717) is 5.75 Å². The summed E-state index contributed by atoms with van der Waals surface area (Å²) in [4.78, 5) is 4.07. The normalized spacial score (nSPS) is 34.3. The minimum absolute atomic E-state index is 0.260. The first kappa shape index (κ1) is 18.0. The van der Waals surface area contributed by atoms with E-state index < -0.39 is 20.8 Å². The molecule has 4 fully saturated rings. The maximum absolute atomic E-state index is 10.7. The summed E-state index contributed by atoms with van der Waals surface area (Å²) in [7, 11) is 11.6. The van der Waals surface area contributed by atoms with E-state index in [-0.39, 0.29) is 5.41 Å². The monoisotopic (exact) mass is 429 g/mol. The van der Waals surface area contributed by atoms with Crippen LogP contribution in [0.4, 0.5) is 0 Å². The van der Waals surface area contributed by atoms with Crippen molar-refractivity contribution in [3.05, 3.63) is 29.3 Å². The Morgan fingerprint density at radius 3 is 2.13 bits per heavy atom. The topological polar surface area (TPSA) is 32.6 Å². The van der Waals surface area contributed by atoms with Crippen molar-refractivity contribution < 1.29 is 26.0 Å². The molecule has 1 N–H and O–H groups in total.